The molecule has 0 spiro atoms. The van der Waals surface area contributed by atoms with Crippen molar-refractivity contribution in [3.05, 3.63) is 29.6 Å². The lowest BCUT2D eigenvalue weighted by Crippen LogP contribution is -2.23. The molecule has 0 radical (unpaired) electrons. The van der Waals surface area contributed by atoms with Crippen molar-refractivity contribution in [1.82, 2.24) is 0 Å². The van der Waals surface area contributed by atoms with Crippen LogP contribution in [0.2, 0.25) is 0 Å². The first-order valence-corrected chi connectivity index (χ1v) is 3.66. The first-order valence-electron chi connectivity index (χ1n) is 3.66. The summed E-state index contributed by atoms with van der Waals surface area (Å²) in [6.45, 7) is 0.186. The first kappa shape index (κ1) is 8.96. The molecular weight excluding hydrogens is 157 g/mol. The Kier molecular flexibility index (Phi) is 2.62. The topological polar surface area (TPSA) is 78.1 Å². The average molecular weight is 169 g/mol. The number of hydrogen-bond acceptors (Lipinski definition) is 3. The van der Waals surface area contributed by atoms with Crippen LogP contribution in [0.5, 0.6) is 0 Å². The van der Waals surface area contributed by atoms with Gasteiger partial charge in [0.2, 0.25) is 0 Å². The van der Waals surface area contributed by atoms with Gasteiger partial charge >= 0.3 is 0 Å². The third kappa shape index (κ3) is 1.54. The maximum absolute atomic E-state index is 13.1. The predicted molar refractivity (Wildman–Crippen MR) is 46.8 cm³/mol. The lowest BCUT2D eigenvalue weighted by molar-refractivity contribution is 0.586. The fraction of sp³-hybridized carbons (Fsp3) is 0.250. The SMILES string of the molecule is NC[C@H](N)c1c(N)cccc1F. The van der Waals surface area contributed by atoms with Crippen molar-refractivity contribution in [1.29, 1.82) is 0 Å². The Hall–Kier alpha value is -1.13. The zero-order valence-corrected chi connectivity index (χ0v) is 6.63. The van der Waals surface area contributed by atoms with Gasteiger partial charge in [-0.2, -0.15) is 0 Å². The summed E-state index contributed by atoms with van der Waals surface area (Å²) in [6.07, 6.45) is 0. The number of rotatable bonds is 2. The highest BCUT2D eigenvalue weighted by Gasteiger charge is 2.12. The molecule has 0 amide bonds. The summed E-state index contributed by atoms with van der Waals surface area (Å²) in [5, 5.41) is 0. The van der Waals surface area contributed by atoms with Crippen molar-refractivity contribution in [2.24, 2.45) is 11.5 Å². The quantitative estimate of drug-likeness (QED) is 0.559. The molecular formula is C8H12FN3. The molecule has 1 atom stereocenters. The molecule has 1 rings (SSSR count). The van der Waals surface area contributed by atoms with Crippen molar-refractivity contribution in [2.45, 2.75) is 6.04 Å². The number of benzene rings is 1. The van der Waals surface area contributed by atoms with Crippen molar-refractivity contribution < 1.29 is 4.39 Å². The molecule has 0 bridgehead atoms. The Labute approximate surface area is 70.3 Å². The van der Waals surface area contributed by atoms with Crippen LogP contribution < -0.4 is 17.2 Å². The van der Waals surface area contributed by atoms with E-state index >= 15 is 0 Å². The number of hydrogen-bond donors (Lipinski definition) is 3. The maximum atomic E-state index is 13.1. The van der Waals surface area contributed by atoms with Crippen LogP contribution in [0.4, 0.5) is 10.1 Å². The zero-order chi connectivity index (χ0) is 9.14. The molecule has 12 heavy (non-hydrogen) atoms. The Bertz CT molecular complexity index is 255. The van der Waals surface area contributed by atoms with Crippen LogP contribution in [0.3, 0.4) is 0 Å². The van der Waals surface area contributed by atoms with Crippen LogP contribution in [-0.4, -0.2) is 6.54 Å². The molecule has 66 valence electrons. The minimum absolute atomic E-state index is 0.186. The van der Waals surface area contributed by atoms with Crippen LogP contribution in [0.1, 0.15) is 11.6 Å². The summed E-state index contributed by atoms with van der Waals surface area (Å²) < 4.78 is 13.1. The summed E-state index contributed by atoms with van der Waals surface area (Å²) in [5.74, 6) is -0.395. The molecule has 0 aliphatic heterocycles. The van der Waals surface area contributed by atoms with Crippen LogP contribution in [0.15, 0.2) is 18.2 Å². The van der Waals surface area contributed by atoms with Gasteiger partial charge in [-0.3, -0.25) is 0 Å². The van der Waals surface area contributed by atoms with E-state index in [0.717, 1.165) is 0 Å². The molecule has 0 saturated carbocycles. The standard InChI is InChI=1S/C8H12FN3/c9-5-2-1-3-6(11)8(5)7(12)4-10/h1-3,7H,4,10-12H2/t7-/m0/s1. The van der Waals surface area contributed by atoms with E-state index in [1.807, 2.05) is 0 Å². The van der Waals surface area contributed by atoms with Gasteiger partial charge in [0, 0.05) is 23.8 Å². The maximum Gasteiger partial charge on any atom is 0.130 e. The van der Waals surface area contributed by atoms with Gasteiger partial charge in [-0.05, 0) is 12.1 Å². The number of anilines is 1. The second-order valence-electron chi connectivity index (χ2n) is 2.58. The molecule has 3 nitrogen and oxygen atoms in total. The summed E-state index contributed by atoms with van der Waals surface area (Å²) in [5.41, 5.74) is 17.0. The molecule has 1 aromatic carbocycles. The van der Waals surface area contributed by atoms with Crippen LogP contribution in [-0.2, 0) is 0 Å². The Morgan fingerprint density at radius 1 is 1.42 bits per heavy atom. The van der Waals surface area contributed by atoms with Gasteiger partial charge in [0.05, 0.1) is 0 Å². The van der Waals surface area contributed by atoms with Crippen molar-refractivity contribution in [3.8, 4) is 0 Å². The lowest BCUT2D eigenvalue weighted by atomic mass is 10.1. The third-order valence-electron chi connectivity index (χ3n) is 1.71. The van der Waals surface area contributed by atoms with E-state index in [0.29, 0.717) is 11.3 Å². The Morgan fingerprint density at radius 3 is 2.58 bits per heavy atom. The minimum Gasteiger partial charge on any atom is -0.398 e. The van der Waals surface area contributed by atoms with Gasteiger partial charge in [0.1, 0.15) is 5.82 Å². The molecule has 0 aliphatic rings. The summed E-state index contributed by atoms with van der Waals surface area (Å²) in [6, 6.07) is 3.94. The van der Waals surface area contributed by atoms with Crippen molar-refractivity contribution >= 4 is 5.69 Å². The second-order valence-corrected chi connectivity index (χ2v) is 2.58. The molecule has 6 N–H and O–H groups in total. The van der Waals surface area contributed by atoms with E-state index in [2.05, 4.69) is 0 Å². The van der Waals surface area contributed by atoms with E-state index in [1.54, 1.807) is 6.07 Å². The first-order chi connectivity index (χ1) is 5.66. The lowest BCUT2D eigenvalue weighted by Gasteiger charge is -2.12. The molecule has 0 aliphatic carbocycles. The van der Waals surface area contributed by atoms with Crippen LogP contribution >= 0.6 is 0 Å². The number of nitrogens with two attached hydrogens (primary N) is 3. The van der Waals surface area contributed by atoms with Gasteiger partial charge in [-0.1, -0.05) is 6.07 Å². The molecule has 4 heteroatoms. The molecule has 0 unspecified atom stereocenters. The van der Waals surface area contributed by atoms with E-state index < -0.39 is 11.9 Å². The molecule has 1 aromatic rings. The summed E-state index contributed by atoms with van der Waals surface area (Å²) >= 11 is 0. The number of nitrogen functional groups attached to an aromatic ring is 1. The highest BCUT2D eigenvalue weighted by molar-refractivity contribution is 5.49. The van der Waals surface area contributed by atoms with E-state index in [1.165, 1.54) is 12.1 Å². The smallest absolute Gasteiger partial charge is 0.130 e. The Morgan fingerprint density at radius 2 is 2.08 bits per heavy atom. The largest absolute Gasteiger partial charge is 0.398 e. The van der Waals surface area contributed by atoms with E-state index in [-0.39, 0.29) is 6.54 Å². The van der Waals surface area contributed by atoms with Crippen molar-refractivity contribution in [3.63, 3.8) is 0 Å². The van der Waals surface area contributed by atoms with E-state index in [4.69, 9.17) is 17.2 Å². The highest BCUT2D eigenvalue weighted by Crippen LogP contribution is 2.20. The molecule has 0 heterocycles. The Balaban J connectivity index is 3.12. The van der Waals surface area contributed by atoms with Gasteiger partial charge in [0.25, 0.3) is 0 Å². The normalized spacial score (nSPS) is 12.9. The molecule has 0 saturated heterocycles. The van der Waals surface area contributed by atoms with Gasteiger partial charge in [0.15, 0.2) is 0 Å². The van der Waals surface area contributed by atoms with E-state index in [9.17, 15) is 4.39 Å². The zero-order valence-electron chi connectivity index (χ0n) is 6.63. The minimum atomic E-state index is -0.522. The van der Waals surface area contributed by atoms with Gasteiger partial charge in [-0.25, -0.2) is 4.39 Å². The van der Waals surface area contributed by atoms with Crippen LogP contribution in [0.25, 0.3) is 0 Å². The monoisotopic (exact) mass is 169 g/mol. The fourth-order valence-corrected chi connectivity index (χ4v) is 1.06. The average Bonchev–Trinajstić information content (AvgIpc) is 2.03. The molecule has 0 aromatic heterocycles. The highest BCUT2D eigenvalue weighted by atomic mass is 19.1. The third-order valence-corrected chi connectivity index (χ3v) is 1.71. The van der Waals surface area contributed by atoms with Crippen molar-refractivity contribution in [2.75, 3.05) is 12.3 Å². The number of halogens is 1. The predicted octanol–water partition coefficient (Wildman–Crippen LogP) is 0.366. The fourth-order valence-electron chi connectivity index (χ4n) is 1.06. The summed E-state index contributed by atoms with van der Waals surface area (Å²) in [7, 11) is 0. The molecule has 0 fully saturated rings. The van der Waals surface area contributed by atoms with Crippen LogP contribution in [0, 0.1) is 5.82 Å². The van der Waals surface area contributed by atoms with Gasteiger partial charge < -0.3 is 17.2 Å². The summed E-state index contributed by atoms with van der Waals surface area (Å²) in [4.78, 5) is 0. The second kappa shape index (κ2) is 3.51. The van der Waals surface area contributed by atoms with Gasteiger partial charge in [-0.15, -0.1) is 0 Å².